The molecule has 0 rings (SSSR count). The Balaban J connectivity index is 4.22. The van der Waals surface area contributed by atoms with Gasteiger partial charge in [0.15, 0.2) is 6.10 Å². The predicted octanol–water partition coefficient (Wildman–Crippen LogP) is 21.8. The van der Waals surface area contributed by atoms with Crippen LogP contribution in [0.25, 0.3) is 0 Å². The Hall–Kier alpha value is -2.11. The number of ether oxygens (including phenoxy) is 3. The minimum absolute atomic E-state index is 0.0697. The van der Waals surface area contributed by atoms with Gasteiger partial charge in [0.25, 0.3) is 0 Å². The van der Waals surface area contributed by atoms with Crippen LogP contribution in [0.1, 0.15) is 361 Å². The molecule has 0 bridgehead atoms. The number of esters is 3. The van der Waals surface area contributed by atoms with Crippen molar-refractivity contribution in [2.45, 2.75) is 367 Å². The maximum absolute atomic E-state index is 12.9. The maximum atomic E-state index is 12.9. The summed E-state index contributed by atoms with van der Waals surface area (Å²) >= 11 is 0. The maximum Gasteiger partial charge on any atom is 0.306 e. The van der Waals surface area contributed by atoms with Gasteiger partial charge in [0.1, 0.15) is 13.2 Å². The summed E-state index contributed by atoms with van der Waals surface area (Å²) in [7, 11) is 0. The zero-order valence-electron chi connectivity index (χ0n) is 48.7. The summed E-state index contributed by atoms with van der Waals surface area (Å²) in [4.78, 5) is 38.3. The van der Waals surface area contributed by atoms with Crippen molar-refractivity contribution in [2.75, 3.05) is 13.2 Å². The van der Waals surface area contributed by atoms with Crippen LogP contribution in [0.2, 0.25) is 0 Å². The highest BCUT2D eigenvalue weighted by atomic mass is 16.6. The molecular formula is C66H124O6. The molecule has 0 aliphatic carbocycles. The van der Waals surface area contributed by atoms with Crippen molar-refractivity contribution in [1.82, 2.24) is 0 Å². The third kappa shape index (κ3) is 58.8. The van der Waals surface area contributed by atoms with E-state index in [0.29, 0.717) is 19.3 Å². The Labute approximate surface area is 449 Å². The molecule has 0 N–H and O–H groups in total. The number of carbonyl (C=O) groups excluding carboxylic acids is 3. The van der Waals surface area contributed by atoms with Crippen molar-refractivity contribution in [1.29, 1.82) is 0 Å². The molecule has 6 heteroatoms. The Morgan fingerprint density at radius 2 is 0.528 bits per heavy atom. The second-order valence-corrected chi connectivity index (χ2v) is 22.0. The fourth-order valence-electron chi connectivity index (χ4n) is 9.84. The molecule has 0 radical (unpaired) electrons. The van der Waals surface area contributed by atoms with E-state index in [1.165, 1.54) is 238 Å². The van der Waals surface area contributed by atoms with Crippen LogP contribution in [-0.2, 0) is 28.6 Å². The molecule has 0 spiro atoms. The molecule has 0 saturated carbocycles. The van der Waals surface area contributed by atoms with Gasteiger partial charge in [-0.2, -0.15) is 0 Å². The standard InChI is InChI=1S/C66H124O6/c1-4-7-10-13-16-19-22-25-27-29-30-31-32-33-34-35-37-38-41-44-47-50-53-56-59-65(68)71-62-63(61-70-64(67)58-55-52-49-46-43-40-24-21-18-15-12-9-6-3)72-66(69)60-57-54-51-48-45-42-39-36-28-26-23-20-17-14-11-8-5-2/h12,15,21,24,63H,4-11,13-14,16-20,22-23,25-62H2,1-3H3/b15-12-,24-21-. The Morgan fingerprint density at radius 1 is 0.278 bits per heavy atom. The van der Waals surface area contributed by atoms with Gasteiger partial charge in [-0.05, 0) is 44.9 Å². The number of rotatable bonds is 60. The molecule has 1 atom stereocenters. The third-order valence-corrected chi connectivity index (χ3v) is 14.7. The van der Waals surface area contributed by atoms with Crippen LogP contribution in [0.15, 0.2) is 24.3 Å². The smallest absolute Gasteiger partial charge is 0.306 e. The quantitative estimate of drug-likeness (QED) is 0.0261. The van der Waals surface area contributed by atoms with Gasteiger partial charge in [0, 0.05) is 19.3 Å². The van der Waals surface area contributed by atoms with E-state index in [9.17, 15) is 14.4 Å². The number of unbranched alkanes of at least 4 members (excludes halogenated alkanes) is 45. The minimum Gasteiger partial charge on any atom is -0.462 e. The first-order valence-corrected chi connectivity index (χ1v) is 32.3. The van der Waals surface area contributed by atoms with Gasteiger partial charge in [0.2, 0.25) is 0 Å². The van der Waals surface area contributed by atoms with Crippen LogP contribution in [0.3, 0.4) is 0 Å². The Bertz CT molecular complexity index is 1160. The van der Waals surface area contributed by atoms with E-state index in [2.05, 4.69) is 45.1 Å². The van der Waals surface area contributed by atoms with E-state index >= 15 is 0 Å². The van der Waals surface area contributed by atoms with Gasteiger partial charge in [-0.3, -0.25) is 14.4 Å². The lowest BCUT2D eigenvalue weighted by atomic mass is 10.0. The first kappa shape index (κ1) is 69.9. The van der Waals surface area contributed by atoms with Crippen molar-refractivity contribution < 1.29 is 28.6 Å². The SMILES string of the molecule is CCC/C=C\C/C=C\CCCCCCCC(=O)OCC(COC(=O)CCCCCCCCCCCCCCCCCCCCCCCCCC)OC(=O)CCCCCCCCCCCCCCCCCCC. The van der Waals surface area contributed by atoms with E-state index in [1.54, 1.807) is 0 Å². The van der Waals surface area contributed by atoms with E-state index in [-0.39, 0.29) is 31.1 Å². The molecule has 0 aromatic rings. The lowest BCUT2D eigenvalue weighted by molar-refractivity contribution is -0.167. The lowest BCUT2D eigenvalue weighted by Gasteiger charge is -2.18. The largest absolute Gasteiger partial charge is 0.462 e. The molecule has 6 nitrogen and oxygen atoms in total. The molecule has 1 unspecified atom stereocenters. The second kappa shape index (κ2) is 61.4. The second-order valence-electron chi connectivity index (χ2n) is 22.0. The van der Waals surface area contributed by atoms with E-state index in [0.717, 1.165) is 83.5 Å². The highest BCUT2D eigenvalue weighted by molar-refractivity contribution is 5.71. The van der Waals surface area contributed by atoms with Crippen LogP contribution >= 0.6 is 0 Å². The van der Waals surface area contributed by atoms with Gasteiger partial charge >= 0.3 is 17.9 Å². The number of carbonyl (C=O) groups is 3. The van der Waals surface area contributed by atoms with E-state index < -0.39 is 6.10 Å². The molecule has 0 saturated heterocycles. The number of hydrogen-bond acceptors (Lipinski definition) is 6. The average molecular weight is 1010 g/mol. The fourth-order valence-corrected chi connectivity index (χ4v) is 9.84. The monoisotopic (exact) mass is 1010 g/mol. The lowest BCUT2D eigenvalue weighted by Crippen LogP contribution is -2.30. The summed E-state index contributed by atoms with van der Waals surface area (Å²) in [5.74, 6) is -0.857. The normalized spacial score (nSPS) is 12.1. The summed E-state index contributed by atoms with van der Waals surface area (Å²) in [6, 6.07) is 0. The average Bonchev–Trinajstić information content (AvgIpc) is 3.38. The van der Waals surface area contributed by atoms with Gasteiger partial charge in [0.05, 0.1) is 0 Å². The molecule has 0 aliphatic rings. The number of hydrogen-bond donors (Lipinski definition) is 0. The first-order valence-electron chi connectivity index (χ1n) is 32.3. The molecule has 72 heavy (non-hydrogen) atoms. The highest BCUT2D eigenvalue weighted by Crippen LogP contribution is 2.18. The zero-order chi connectivity index (χ0) is 52.2. The third-order valence-electron chi connectivity index (χ3n) is 14.7. The van der Waals surface area contributed by atoms with Crippen LogP contribution in [-0.4, -0.2) is 37.2 Å². The molecule has 0 aromatic carbocycles. The van der Waals surface area contributed by atoms with Gasteiger partial charge in [-0.15, -0.1) is 0 Å². The topological polar surface area (TPSA) is 78.9 Å². The molecular weight excluding hydrogens is 889 g/mol. The summed E-state index contributed by atoms with van der Waals surface area (Å²) < 4.78 is 16.9. The van der Waals surface area contributed by atoms with Crippen molar-refractivity contribution in [3.05, 3.63) is 24.3 Å². The molecule has 0 fully saturated rings. The van der Waals surface area contributed by atoms with Crippen LogP contribution in [0, 0.1) is 0 Å². The summed E-state index contributed by atoms with van der Waals surface area (Å²) in [6.45, 7) is 6.64. The molecule has 0 heterocycles. The zero-order valence-corrected chi connectivity index (χ0v) is 48.7. The predicted molar refractivity (Wildman–Crippen MR) is 312 cm³/mol. The van der Waals surface area contributed by atoms with Gasteiger partial charge in [-0.1, -0.05) is 321 Å². The van der Waals surface area contributed by atoms with Gasteiger partial charge in [-0.25, -0.2) is 0 Å². The van der Waals surface area contributed by atoms with Crippen molar-refractivity contribution in [3.8, 4) is 0 Å². The summed E-state index contributed by atoms with van der Waals surface area (Å²) in [5.41, 5.74) is 0. The van der Waals surface area contributed by atoms with Crippen LogP contribution in [0.4, 0.5) is 0 Å². The van der Waals surface area contributed by atoms with Crippen LogP contribution < -0.4 is 0 Å². The summed E-state index contributed by atoms with van der Waals surface area (Å²) in [6.07, 6.45) is 73.4. The van der Waals surface area contributed by atoms with Crippen molar-refractivity contribution in [2.24, 2.45) is 0 Å². The summed E-state index contributed by atoms with van der Waals surface area (Å²) in [5, 5.41) is 0. The Kier molecular flexibility index (Phi) is 59.6. The molecule has 0 amide bonds. The molecule has 424 valence electrons. The molecule has 0 aliphatic heterocycles. The molecule has 0 aromatic heterocycles. The van der Waals surface area contributed by atoms with E-state index in [1.807, 2.05) is 0 Å². The fraction of sp³-hybridized carbons (Fsp3) is 0.894. The van der Waals surface area contributed by atoms with Crippen molar-refractivity contribution >= 4 is 17.9 Å². The Morgan fingerprint density at radius 3 is 0.819 bits per heavy atom. The van der Waals surface area contributed by atoms with Crippen molar-refractivity contribution in [3.63, 3.8) is 0 Å². The van der Waals surface area contributed by atoms with Crippen LogP contribution in [0.5, 0.6) is 0 Å². The number of allylic oxidation sites excluding steroid dienone is 4. The first-order chi connectivity index (χ1) is 35.5. The van der Waals surface area contributed by atoms with E-state index in [4.69, 9.17) is 14.2 Å². The highest BCUT2D eigenvalue weighted by Gasteiger charge is 2.19. The van der Waals surface area contributed by atoms with Gasteiger partial charge < -0.3 is 14.2 Å². The minimum atomic E-state index is -0.773.